The quantitative estimate of drug-likeness (QED) is 0.524. The van der Waals surface area contributed by atoms with Gasteiger partial charge in [-0.1, -0.05) is 36.4 Å². The zero-order valence-electron chi connectivity index (χ0n) is 11.1. The molecule has 2 aromatic rings. The second kappa shape index (κ2) is 6.90. The topological polar surface area (TPSA) is 63.6 Å². The van der Waals surface area contributed by atoms with Crippen LogP contribution in [-0.2, 0) is 16.0 Å². The molecule has 2 aromatic carbocycles. The number of hydrogen-bond donors (Lipinski definition) is 1. The lowest BCUT2D eigenvalue weighted by Crippen LogP contribution is -2.08. The van der Waals surface area contributed by atoms with Crippen LogP contribution in [0.3, 0.4) is 0 Å². The van der Waals surface area contributed by atoms with E-state index in [1.54, 1.807) is 24.3 Å². The minimum absolute atomic E-state index is 0.00754. The van der Waals surface area contributed by atoms with Crippen LogP contribution in [0.15, 0.2) is 48.5 Å². The van der Waals surface area contributed by atoms with Crippen LogP contribution >= 0.6 is 11.6 Å². The van der Waals surface area contributed by atoms with Crippen LogP contribution in [0, 0.1) is 0 Å². The van der Waals surface area contributed by atoms with Crippen molar-refractivity contribution in [3.63, 3.8) is 0 Å². The molecule has 0 aliphatic rings. The standard InChI is InChI=1S/C16H13ClO4/c17-10-16(20)21-14-7-5-13(6-8-14)12-3-1-11(2-4-12)9-15(18)19/h1-8H,9-10H2,(H,18,19). The highest BCUT2D eigenvalue weighted by Crippen LogP contribution is 2.23. The van der Waals surface area contributed by atoms with Gasteiger partial charge in [0.05, 0.1) is 6.42 Å². The average Bonchev–Trinajstić information content (AvgIpc) is 2.48. The Hall–Kier alpha value is -2.33. The smallest absolute Gasteiger partial charge is 0.326 e. The molecule has 0 radical (unpaired) electrons. The van der Waals surface area contributed by atoms with Gasteiger partial charge in [0.15, 0.2) is 0 Å². The number of carboxylic acids is 1. The number of benzene rings is 2. The first kappa shape index (κ1) is 15.1. The first-order valence-electron chi connectivity index (χ1n) is 6.26. The molecule has 4 nitrogen and oxygen atoms in total. The molecule has 21 heavy (non-hydrogen) atoms. The molecule has 2 rings (SSSR count). The summed E-state index contributed by atoms with van der Waals surface area (Å²) >= 11 is 5.36. The first-order chi connectivity index (χ1) is 10.1. The van der Waals surface area contributed by atoms with E-state index in [0.29, 0.717) is 5.75 Å². The van der Waals surface area contributed by atoms with Gasteiger partial charge in [-0.05, 0) is 28.8 Å². The Morgan fingerprint density at radius 3 is 1.95 bits per heavy atom. The summed E-state index contributed by atoms with van der Waals surface area (Å²) in [6.45, 7) is 0. The number of aliphatic carboxylic acids is 1. The fraction of sp³-hybridized carbons (Fsp3) is 0.125. The number of halogens is 1. The molecule has 1 N–H and O–H groups in total. The van der Waals surface area contributed by atoms with E-state index in [1.165, 1.54) is 0 Å². The second-order valence-electron chi connectivity index (χ2n) is 4.40. The van der Waals surface area contributed by atoms with Gasteiger partial charge >= 0.3 is 11.9 Å². The molecule has 108 valence electrons. The van der Waals surface area contributed by atoms with Gasteiger partial charge in [-0.3, -0.25) is 9.59 Å². The summed E-state index contributed by atoms with van der Waals surface area (Å²) in [5.74, 6) is -1.10. The lowest BCUT2D eigenvalue weighted by molar-refractivity contribution is -0.136. The highest BCUT2D eigenvalue weighted by atomic mass is 35.5. The van der Waals surface area contributed by atoms with Crippen molar-refractivity contribution in [2.45, 2.75) is 6.42 Å². The average molecular weight is 305 g/mol. The fourth-order valence-corrected chi connectivity index (χ4v) is 1.92. The third kappa shape index (κ3) is 4.33. The van der Waals surface area contributed by atoms with Crippen LogP contribution in [0.25, 0.3) is 11.1 Å². The Bertz CT molecular complexity index is 632. The Morgan fingerprint density at radius 1 is 0.952 bits per heavy atom. The predicted octanol–water partition coefficient (Wildman–Crippen LogP) is 3.12. The van der Waals surface area contributed by atoms with Crippen molar-refractivity contribution in [2.75, 3.05) is 5.88 Å². The van der Waals surface area contributed by atoms with Crippen molar-refractivity contribution < 1.29 is 19.4 Å². The Kier molecular flexibility index (Phi) is 4.95. The van der Waals surface area contributed by atoms with Gasteiger partial charge < -0.3 is 9.84 Å². The number of alkyl halides is 1. The molecule has 0 bridgehead atoms. The number of ether oxygens (including phenoxy) is 1. The molecule has 5 heteroatoms. The molecule has 0 atom stereocenters. The fourth-order valence-electron chi connectivity index (χ4n) is 1.86. The van der Waals surface area contributed by atoms with Gasteiger partial charge in [-0.15, -0.1) is 11.6 Å². The molecule has 0 saturated carbocycles. The van der Waals surface area contributed by atoms with Gasteiger partial charge in [-0.2, -0.15) is 0 Å². The highest BCUT2D eigenvalue weighted by Gasteiger charge is 2.04. The molecule has 0 aromatic heterocycles. The monoisotopic (exact) mass is 304 g/mol. The van der Waals surface area contributed by atoms with Crippen LogP contribution in [-0.4, -0.2) is 22.9 Å². The summed E-state index contributed by atoms with van der Waals surface area (Å²) in [6, 6.07) is 14.3. The van der Waals surface area contributed by atoms with Crippen molar-refractivity contribution >= 4 is 23.5 Å². The van der Waals surface area contributed by atoms with E-state index in [2.05, 4.69) is 0 Å². The maximum absolute atomic E-state index is 11.1. The minimum atomic E-state index is -0.854. The zero-order valence-corrected chi connectivity index (χ0v) is 11.8. The first-order valence-corrected chi connectivity index (χ1v) is 6.80. The number of hydrogen-bond acceptors (Lipinski definition) is 3. The van der Waals surface area contributed by atoms with Gasteiger partial charge in [0, 0.05) is 0 Å². The van der Waals surface area contributed by atoms with Crippen molar-refractivity contribution in [2.24, 2.45) is 0 Å². The van der Waals surface area contributed by atoms with Gasteiger partial charge in [-0.25, -0.2) is 0 Å². The van der Waals surface area contributed by atoms with Crippen LogP contribution in [0.1, 0.15) is 5.56 Å². The van der Waals surface area contributed by atoms with E-state index in [1.807, 2.05) is 24.3 Å². The van der Waals surface area contributed by atoms with Gasteiger partial charge in [0.25, 0.3) is 0 Å². The zero-order chi connectivity index (χ0) is 15.2. The number of carbonyl (C=O) groups is 2. The van der Waals surface area contributed by atoms with Crippen LogP contribution < -0.4 is 4.74 Å². The Morgan fingerprint density at radius 2 is 1.48 bits per heavy atom. The maximum Gasteiger partial charge on any atom is 0.326 e. The van der Waals surface area contributed by atoms with E-state index in [0.717, 1.165) is 16.7 Å². The third-order valence-corrected chi connectivity index (χ3v) is 3.06. The third-order valence-electron chi connectivity index (χ3n) is 2.84. The SMILES string of the molecule is O=C(O)Cc1ccc(-c2ccc(OC(=O)CCl)cc2)cc1. The van der Waals surface area contributed by atoms with Crippen LogP contribution in [0.4, 0.5) is 0 Å². The van der Waals surface area contributed by atoms with E-state index < -0.39 is 11.9 Å². The largest absolute Gasteiger partial charge is 0.481 e. The lowest BCUT2D eigenvalue weighted by atomic mass is 10.0. The Balaban J connectivity index is 2.11. The molecule has 0 saturated heterocycles. The summed E-state index contributed by atoms with van der Waals surface area (Å²) in [5, 5.41) is 8.73. The van der Waals surface area contributed by atoms with Crippen molar-refractivity contribution in [3.8, 4) is 16.9 Å². The maximum atomic E-state index is 11.1. The summed E-state index contributed by atoms with van der Waals surface area (Å²) in [6.07, 6.45) is 0.00754. The molecule has 0 spiro atoms. The molecule has 0 heterocycles. The minimum Gasteiger partial charge on any atom is -0.481 e. The molecular weight excluding hydrogens is 292 g/mol. The summed E-state index contributed by atoms with van der Waals surface area (Å²) < 4.78 is 4.98. The number of carboxylic acid groups (broad SMARTS) is 1. The highest BCUT2D eigenvalue weighted by molar-refractivity contribution is 6.26. The van der Waals surface area contributed by atoms with E-state index in [9.17, 15) is 9.59 Å². The number of carbonyl (C=O) groups excluding carboxylic acids is 1. The number of esters is 1. The van der Waals surface area contributed by atoms with Crippen LogP contribution in [0.5, 0.6) is 5.75 Å². The van der Waals surface area contributed by atoms with Crippen molar-refractivity contribution in [1.82, 2.24) is 0 Å². The second-order valence-corrected chi connectivity index (χ2v) is 4.67. The van der Waals surface area contributed by atoms with Crippen molar-refractivity contribution in [1.29, 1.82) is 0 Å². The molecule has 0 unspecified atom stereocenters. The summed E-state index contributed by atoms with van der Waals surface area (Å²) in [4.78, 5) is 21.7. The van der Waals surface area contributed by atoms with Crippen LogP contribution in [0.2, 0.25) is 0 Å². The predicted molar refractivity (Wildman–Crippen MR) is 79.6 cm³/mol. The summed E-state index contributed by atoms with van der Waals surface area (Å²) in [7, 11) is 0. The Labute approximate surface area is 126 Å². The van der Waals surface area contributed by atoms with E-state index in [-0.39, 0.29) is 12.3 Å². The van der Waals surface area contributed by atoms with Gasteiger partial charge in [0.1, 0.15) is 11.6 Å². The van der Waals surface area contributed by atoms with Crippen molar-refractivity contribution in [3.05, 3.63) is 54.1 Å². The van der Waals surface area contributed by atoms with E-state index in [4.69, 9.17) is 21.4 Å². The molecule has 0 amide bonds. The number of rotatable bonds is 5. The molecular formula is C16H13ClO4. The van der Waals surface area contributed by atoms with Gasteiger partial charge in [0.2, 0.25) is 0 Å². The normalized spacial score (nSPS) is 10.1. The lowest BCUT2D eigenvalue weighted by Gasteiger charge is -2.05. The molecule has 0 fully saturated rings. The summed E-state index contributed by atoms with van der Waals surface area (Å²) in [5.41, 5.74) is 2.65. The molecule has 0 aliphatic heterocycles. The molecule has 0 aliphatic carbocycles. The van der Waals surface area contributed by atoms with E-state index >= 15 is 0 Å².